The first-order valence-corrected chi connectivity index (χ1v) is 5.87. The van der Waals surface area contributed by atoms with Crippen LogP contribution in [0.1, 0.15) is 53.9 Å². The second-order valence-electron chi connectivity index (χ2n) is 6.05. The predicted molar refractivity (Wildman–Crippen MR) is 60.1 cm³/mol. The third-order valence-electron chi connectivity index (χ3n) is 3.63. The molecule has 0 radical (unpaired) electrons. The van der Waals surface area contributed by atoms with Crippen LogP contribution in [0.2, 0.25) is 0 Å². The fraction of sp³-hybridized carbons (Fsp3) is 0.923. The molecule has 0 aromatic carbocycles. The molecule has 14 heavy (non-hydrogen) atoms. The largest absolute Gasteiger partial charge is 0.299 e. The lowest BCUT2D eigenvalue weighted by atomic mass is 9.65. The first-order valence-electron chi connectivity index (χ1n) is 5.87. The second kappa shape index (κ2) is 4.04. The van der Waals surface area contributed by atoms with Crippen LogP contribution < -0.4 is 0 Å². The summed E-state index contributed by atoms with van der Waals surface area (Å²) in [4.78, 5) is 11.9. The van der Waals surface area contributed by atoms with E-state index in [9.17, 15) is 4.79 Å². The molecule has 1 aliphatic carbocycles. The Balaban J connectivity index is 2.63. The lowest BCUT2D eigenvalue weighted by molar-refractivity contribution is -0.129. The van der Waals surface area contributed by atoms with Crippen LogP contribution in [0.25, 0.3) is 0 Å². The average Bonchev–Trinajstić information content (AvgIpc) is 2.01. The quantitative estimate of drug-likeness (QED) is 0.658. The topological polar surface area (TPSA) is 17.1 Å². The van der Waals surface area contributed by atoms with Crippen molar-refractivity contribution < 1.29 is 4.79 Å². The number of Topliss-reactive ketones (excluding diaryl/α,β-unsaturated/α-hetero) is 1. The van der Waals surface area contributed by atoms with Gasteiger partial charge in [-0.25, -0.2) is 0 Å². The van der Waals surface area contributed by atoms with Crippen molar-refractivity contribution in [3.8, 4) is 0 Å². The van der Waals surface area contributed by atoms with Gasteiger partial charge in [0.25, 0.3) is 0 Å². The fourth-order valence-corrected chi connectivity index (χ4v) is 2.80. The lowest BCUT2D eigenvalue weighted by Crippen LogP contribution is -2.34. The van der Waals surface area contributed by atoms with Crippen molar-refractivity contribution >= 4 is 5.78 Å². The van der Waals surface area contributed by atoms with E-state index in [1.807, 2.05) is 13.8 Å². The summed E-state index contributed by atoms with van der Waals surface area (Å²) in [6.45, 7) is 10.9. The summed E-state index contributed by atoms with van der Waals surface area (Å²) in [6, 6.07) is 0. The molecular formula is C13H24O. The van der Waals surface area contributed by atoms with Gasteiger partial charge in [0.1, 0.15) is 5.78 Å². The molecule has 82 valence electrons. The molecule has 1 saturated carbocycles. The third kappa shape index (κ3) is 2.59. The van der Waals surface area contributed by atoms with Crippen molar-refractivity contribution in [2.75, 3.05) is 0 Å². The van der Waals surface area contributed by atoms with Gasteiger partial charge in [-0.2, -0.15) is 0 Å². The normalized spacial score (nSPS) is 31.9. The summed E-state index contributed by atoms with van der Waals surface area (Å²) >= 11 is 0. The Labute approximate surface area is 88.3 Å². The van der Waals surface area contributed by atoms with Crippen molar-refractivity contribution in [2.45, 2.75) is 53.9 Å². The Morgan fingerprint density at radius 3 is 2.36 bits per heavy atom. The summed E-state index contributed by atoms with van der Waals surface area (Å²) in [7, 11) is 0. The number of hydrogen-bond acceptors (Lipinski definition) is 1. The Hall–Kier alpha value is -0.330. The van der Waals surface area contributed by atoms with Gasteiger partial charge in [-0.1, -0.05) is 34.6 Å². The van der Waals surface area contributed by atoms with Crippen molar-refractivity contribution in [2.24, 2.45) is 23.2 Å². The highest BCUT2D eigenvalue weighted by molar-refractivity contribution is 5.83. The van der Waals surface area contributed by atoms with Crippen LogP contribution in [0, 0.1) is 23.2 Å². The average molecular weight is 196 g/mol. The van der Waals surface area contributed by atoms with E-state index in [1.165, 1.54) is 12.8 Å². The number of hydrogen-bond donors (Lipinski definition) is 0. The van der Waals surface area contributed by atoms with Crippen LogP contribution in [0.5, 0.6) is 0 Å². The highest BCUT2D eigenvalue weighted by atomic mass is 16.1. The molecule has 1 rings (SSSR count). The molecule has 1 aliphatic rings. The maximum absolute atomic E-state index is 11.9. The molecule has 2 atom stereocenters. The van der Waals surface area contributed by atoms with Gasteiger partial charge in [-0.15, -0.1) is 0 Å². The minimum absolute atomic E-state index is 0.212. The molecular weight excluding hydrogens is 172 g/mol. The van der Waals surface area contributed by atoms with Gasteiger partial charge in [0.2, 0.25) is 0 Å². The number of carbonyl (C=O) groups is 1. The second-order valence-corrected chi connectivity index (χ2v) is 6.05. The lowest BCUT2D eigenvalue weighted by Gasteiger charge is -2.39. The summed E-state index contributed by atoms with van der Waals surface area (Å²) in [6.07, 6.45) is 3.52. The first-order chi connectivity index (χ1) is 6.33. The van der Waals surface area contributed by atoms with E-state index in [4.69, 9.17) is 0 Å². The predicted octanol–water partition coefficient (Wildman–Crippen LogP) is 3.67. The zero-order valence-electron chi connectivity index (χ0n) is 10.3. The van der Waals surface area contributed by atoms with E-state index in [1.54, 1.807) is 0 Å². The minimum Gasteiger partial charge on any atom is -0.299 e. The molecule has 1 heteroatoms. The maximum Gasteiger partial charge on any atom is 0.138 e. The smallest absolute Gasteiger partial charge is 0.138 e. The first kappa shape index (κ1) is 11.7. The maximum atomic E-state index is 11.9. The van der Waals surface area contributed by atoms with Gasteiger partial charge in [-0.3, -0.25) is 4.79 Å². The van der Waals surface area contributed by atoms with Crippen molar-refractivity contribution in [1.29, 1.82) is 0 Å². The molecule has 0 heterocycles. The molecule has 0 spiro atoms. The molecule has 0 amide bonds. The standard InChI is InChI=1S/C13H24O/c1-9(2)12(14)11-6-7-13(4,5)8-10(11)3/h9-11H,6-8H2,1-5H3. The van der Waals surface area contributed by atoms with E-state index in [2.05, 4.69) is 20.8 Å². The zero-order valence-corrected chi connectivity index (χ0v) is 10.3. The monoisotopic (exact) mass is 196 g/mol. The fourth-order valence-electron chi connectivity index (χ4n) is 2.80. The number of carbonyl (C=O) groups excluding carboxylic acids is 1. The highest BCUT2D eigenvalue weighted by Gasteiger charge is 2.36. The molecule has 0 aromatic heterocycles. The molecule has 1 nitrogen and oxygen atoms in total. The molecule has 0 N–H and O–H groups in total. The molecule has 1 fully saturated rings. The Kier molecular flexibility index (Phi) is 3.39. The summed E-state index contributed by atoms with van der Waals surface area (Å²) < 4.78 is 0. The van der Waals surface area contributed by atoms with Gasteiger partial charge in [0.05, 0.1) is 0 Å². The summed E-state index contributed by atoms with van der Waals surface area (Å²) in [5.74, 6) is 1.60. The Morgan fingerprint density at radius 2 is 1.93 bits per heavy atom. The SMILES string of the molecule is CC(C)C(=O)C1CCC(C)(C)CC1C. The zero-order chi connectivity index (χ0) is 10.9. The van der Waals surface area contributed by atoms with Crippen LogP contribution in [0.4, 0.5) is 0 Å². The number of rotatable bonds is 2. The van der Waals surface area contributed by atoms with Crippen LogP contribution in [0.3, 0.4) is 0 Å². The van der Waals surface area contributed by atoms with Crippen molar-refractivity contribution in [3.63, 3.8) is 0 Å². The Bertz CT molecular complexity index is 215. The van der Waals surface area contributed by atoms with Gasteiger partial charge in [0.15, 0.2) is 0 Å². The molecule has 0 aromatic rings. The highest BCUT2D eigenvalue weighted by Crippen LogP contribution is 2.42. The van der Waals surface area contributed by atoms with Crippen LogP contribution in [-0.2, 0) is 4.79 Å². The third-order valence-corrected chi connectivity index (χ3v) is 3.63. The Morgan fingerprint density at radius 1 is 1.36 bits per heavy atom. The molecule has 0 bridgehead atoms. The van der Waals surface area contributed by atoms with E-state index >= 15 is 0 Å². The van der Waals surface area contributed by atoms with E-state index < -0.39 is 0 Å². The summed E-state index contributed by atoms with van der Waals surface area (Å²) in [5, 5.41) is 0. The van der Waals surface area contributed by atoms with Gasteiger partial charge >= 0.3 is 0 Å². The summed E-state index contributed by atoms with van der Waals surface area (Å²) in [5.41, 5.74) is 0.452. The van der Waals surface area contributed by atoms with Gasteiger partial charge < -0.3 is 0 Å². The van der Waals surface area contributed by atoms with E-state index in [0.29, 0.717) is 23.0 Å². The van der Waals surface area contributed by atoms with Gasteiger partial charge in [0, 0.05) is 11.8 Å². The molecule has 0 aliphatic heterocycles. The van der Waals surface area contributed by atoms with Crippen LogP contribution in [-0.4, -0.2) is 5.78 Å². The van der Waals surface area contributed by atoms with Crippen molar-refractivity contribution in [3.05, 3.63) is 0 Å². The van der Waals surface area contributed by atoms with Crippen LogP contribution in [0.15, 0.2) is 0 Å². The van der Waals surface area contributed by atoms with Crippen molar-refractivity contribution in [1.82, 2.24) is 0 Å². The van der Waals surface area contributed by atoms with Gasteiger partial charge in [-0.05, 0) is 30.6 Å². The molecule has 0 saturated heterocycles. The minimum atomic E-state index is 0.212. The number of ketones is 1. The van der Waals surface area contributed by atoms with Crippen LogP contribution >= 0.6 is 0 Å². The van der Waals surface area contributed by atoms with E-state index in [-0.39, 0.29) is 5.92 Å². The molecule has 2 unspecified atom stereocenters. The van der Waals surface area contributed by atoms with E-state index in [0.717, 1.165) is 6.42 Å².